The third-order valence-electron chi connectivity index (χ3n) is 5.35. The van der Waals surface area contributed by atoms with Gasteiger partial charge in [0.05, 0.1) is 18.3 Å². The SMILES string of the molecule is COc1ccccc1-c1cc(BOC(C)(C)C(C)(C)O)cc(C(C)(C)C)c1. The Balaban J connectivity index is 2.47. The van der Waals surface area contributed by atoms with Gasteiger partial charge in [-0.05, 0) is 50.3 Å². The van der Waals surface area contributed by atoms with Crippen LogP contribution in [0.15, 0.2) is 42.5 Å². The van der Waals surface area contributed by atoms with Gasteiger partial charge in [0, 0.05) is 5.56 Å². The predicted octanol–water partition coefficient (Wildman–Crippen LogP) is 4.20. The Hall–Kier alpha value is -1.78. The molecule has 0 saturated carbocycles. The Kier molecular flexibility index (Phi) is 6.13. The highest BCUT2D eigenvalue weighted by Crippen LogP contribution is 2.32. The molecule has 0 spiro atoms. The molecule has 0 saturated heterocycles. The fraction of sp³-hybridized carbons (Fsp3) is 0.478. The minimum atomic E-state index is -0.930. The molecule has 2 rings (SSSR count). The van der Waals surface area contributed by atoms with Crippen molar-refractivity contribution in [3.05, 3.63) is 48.0 Å². The zero-order valence-electron chi connectivity index (χ0n) is 18.0. The van der Waals surface area contributed by atoms with Crippen LogP contribution in [-0.2, 0) is 10.1 Å². The quantitative estimate of drug-likeness (QED) is 0.777. The van der Waals surface area contributed by atoms with Crippen molar-refractivity contribution in [3.63, 3.8) is 0 Å². The first kappa shape index (κ1) is 21.5. The molecule has 27 heavy (non-hydrogen) atoms. The second kappa shape index (κ2) is 7.69. The molecule has 146 valence electrons. The van der Waals surface area contributed by atoms with Gasteiger partial charge in [0.2, 0.25) is 0 Å². The molecular formula is C23H33BO3. The minimum absolute atomic E-state index is 0.0124. The van der Waals surface area contributed by atoms with Gasteiger partial charge in [0.25, 0.3) is 0 Å². The average molecular weight is 368 g/mol. The molecule has 0 aromatic heterocycles. The van der Waals surface area contributed by atoms with Gasteiger partial charge in [-0.1, -0.05) is 62.6 Å². The highest BCUT2D eigenvalue weighted by molar-refractivity contribution is 6.47. The summed E-state index contributed by atoms with van der Waals surface area (Å²) >= 11 is 0. The molecule has 0 heterocycles. The van der Waals surface area contributed by atoms with E-state index in [4.69, 9.17) is 9.39 Å². The topological polar surface area (TPSA) is 38.7 Å². The Morgan fingerprint density at radius 3 is 2.07 bits per heavy atom. The molecule has 0 atom stereocenters. The van der Waals surface area contributed by atoms with E-state index in [1.807, 2.05) is 32.0 Å². The van der Waals surface area contributed by atoms with Gasteiger partial charge >= 0.3 is 7.48 Å². The van der Waals surface area contributed by atoms with E-state index >= 15 is 0 Å². The summed E-state index contributed by atoms with van der Waals surface area (Å²) in [6, 6.07) is 14.6. The van der Waals surface area contributed by atoms with Crippen LogP contribution in [0.1, 0.15) is 54.0 Å². The van der Waals surface area contributed by atoms with E-state index in [9.17, 15) is 5.11 Å². The van der Waals surface area contributed by atoms with Crippen LogP contribution < -0.4 is 10.2 Å². The Morgan fingerprint density at radius 1 is 0.889 bits per heavy atom. The third kappa shape index (κ3) is 5.15. The molecule has 0 amide bonds. The van der Waals surface area contributed by atoms with Gasteiger partial charge in [0.1, 0.15) is 5.75 Å². The van der Waals surface area contributed by atoms with E-state index in [1.54, 1.807) is 21.0 Å². The standard InChI is InChI=1S/C23H33BO3/c1-21(2,3)17-13-16(19-11-9-10-12-20(19)26-8)14-18(15-17)24-27-23(6,7)22(4,5)25/h9-15,24-25H,1-8H3. The molecule has 0 fully saturated rings. The Labute approximate surface area is 165 Å². The Morgan fingerprint density at radius 2 is 1.52 bits per heavy atom. The molecule has 0 unspecified atom stereocenters. The van der Waals surface area contributed by atoms with Crippen LogP contribution in [0, 0.1) is 0 Å². The summed E-state index contributed by atoms with van der Waals surface area (Å²) in [4.78, 5) is 0. The molecule has 3 nitrogen and oxygen atoms in total. The first-order valence-corrected chi connectivity index (χ1v) is 9.49. The van der Waals surface area contributed by atoms with Crippen LogP contribution >= 0.6 is 0 Å². The van der Waals surface area contributed by atoms with Gasteiger partial charge in [-0.15, -0.1) is 0 Å². The number of hydrogen-bond acceptors (Lipinski definition) is 3. The maximum atomic E-state index is 10.4. The first-order chi connectivity index (χ1) is 12.3. The largest absolute Gasteiger partial charge is 0.496 e. The molecule has 0 bridgehead atoms. The molecule has 2 aromatic carbocycles. The first-order valence-electron chi connectivity index (χ1n) is 9.49. The van der Waals surface area contributed by atoms with E-state index in [0.717, 1.165) is 22.3 Å². The van der Waals surface area contributed by atoms with Crippen molar-refractivity contribution >= 4 is 12.9 Å². The average Bonchev–Trinajstić information content (AvgIpc) is 2.58. The fourth-order valence-corrected chi connectivity index (χ4v) is 2.69. The van der Waals surface area contributed by atoms with Crippen LogP contribution in [-0.4, -0.2) is 30.9 Å². The molecule has 0 aliphatic heterocycles. The predicted molar refractivity (Wildman–Crippen MR) is 115 cm³/mol. The highest BCUT2D eigenvalue weighted by atomic mass is 16.5. The van der Waals surface area contributed by atoms with Crippen molar-refractivity contribution in [1.82, 2.24) is 0 Å². The van der Waals surface area contributed by atoms with E-state index in [1.165, 1.54) is 5.56 Å². The monoisotopic (exact) mass is 368 g/mol. The number of hydrogen-bond donors (Lipinski definition) is 1. The maximum Gasteiger partial charge on any atom is 0.309 e. The highest BCUT2D eigenvalue weighted by Gasteiger charge is 2.35. The maximum absolute atomic E-state index is 10.4. The summed E-state index contributed by atoms with van der Waals surface area (Å²) < 4.78 is 11.7. The number of benzene rings is 2. The van der Waals surface area contributed by atoms with Crippen LogP contribution in [0.4, 0.5) is 0 Å². The van der Waals surface area contributed by atoms with E-state index < -0.39 is 11.2 Å². The number of ether oxygens (including phenoxy) is 1. The fourth-order valence-electron chi connectivity index (χ4n) is 2.69. The van der Waals surface area contributed by atoms with Gasteiger partial charge in [-0.25, -0.2) is 0 Å². The molecule has 0 radical (unpaired) electrons. The van der Waals surface area contributed by atoms with Crippen LogP contribution in [0.25, 0.3) is 11.1 Å². The Bertz CT molecular complexity index is 783. The lowest BCUT2D eigenvalue weighted by Crippen LogP contribution is -2.49. The lowest BCUT2D eigenvalue weighted by atomic mass is 9.77. The molecule has 0 aliphatic rings. The van der Waals surface area contributed by atoms with Crippen LogP contribution in [0.5, 0.6) is 5.75 Å². The van der Waals surface area contributed by atoms with E-state index in [2.05, 4.69) is 45.0 Å². The van der Waals surface area contributed by atoms with Crippen molar-refractivity contribution in [2.45, 2.75) is 65.1 Å². The van der Waals surface area contributed by atoms with Gasteiger partial charge in [-0.3, -0.25) is 0 Å². The van der Waals surface area contributed by atoms with Crippen molar-refractivity contribution in [2.24, 2.45) is 0 Å². The molecule has 4 heteroatoms. The lowest BCUT2D eigenvalue weighted by Gasteiger charge is -2.37. The van der Waals surface area contributed by atoms with Gasteiger partial charge in [-0.2, -0.15) is 0 Å². The van der Waals surface area contributed by atoms with Crippen molar-refractivity contribution in [1.29, 1.82) is 0 Å². The minimum Gasteiger partial charge on any atom is -0.496 e. The summed E-state index contributed by atoms with van der Waals surface area (Å²) in [6.45, 7) is 14.0. The van der Waals surface area contributed by atoms with E-state index in [0.29, 0.717) is 7.48 Å². The number of para-hydroxylation sites is 1. The number of rotatable bonds is 6. The molecular weight excluding hydrogens is 335 g/mol. The summed E-state index contributed by atoms with van der Waals surface area (Å²) in [6.07, 6.45) is 0. The smallest absolute Gasteiger partial charge is 0.309 e. The molecule has 2 aromatic rings. The van der Waals surface area contributed by atoms with Crippen molar-refractivity contribution in [3.8, 4) is 16.9 Å². The summed E-state index contributed by atoms with van der Waals surface area (Å²) in [5.41, 5.74) is 2.92. The second-order valence-electron chi connectivity index (χ2n) is 9.23. The molecule has 0 aliphatic carbocycles. The summed E-state index contributed by atoms with van der Waals surface area (Å²) in [7, 11) is 2.13. The van der Waals surface area contributed by atoms with Crippen molar-refractivity contribution < 1.29 is 14.5 Å². The van der Waals surface area contributed by atoms with Crippen LogP contribution in [0.2, 0.25) is 0 Å². The summed E-state index contributed by atoms with van der Waals surface area (Å²) in [5.74, 6) is 0.854. The lowest BCUT2D eigenvalue weighted by molar-refractivity contribution is -0.0893. The normalized spacial score (nSPS) is 12.8. The third-order valence-corrected chi connectivity index (χ3v) is 5.35. The van der Waals surface area contributed by atoms with Gasteiger partial charge in [0.15, 0.2) is 0 Å². The van der Waals surface area contributed by atoms with Crippen LogP contribution in [0.3, 0.4) is 0 Å². The molecule has 1 N–H and O–H groups in total. The van der Waals surface area contributed by atoms with E-state index in [-0.39, 0.29) is 5.41 Å². The number of aliphatic hydroxyl groups is 1. The van der Waals surface area contributed by atoms with Crippen molar-refractivity contribution in [2.75, 3.05) is 7.11 Å². The summed E-state index contributed by atoms with van der Waals surface area (Å²) in [5, 5.41) is 10.4. The zero-order chi connectivity index (χ0) is 20.5. The second-order valence-corrected chi connectivity index (χ2v) is 9.23. The number of methoxy groups -OCH3 is 1. The zero-order valence-corrected chi connectivity index (χ0v) is 18.0. The van der Waals surface area contributed by atoms with Gasteiger partial charge < -0.3 is 14.5 Å².